The number of piperidine rings is 1. The Morgan fingerprint density at radius 2 is 2.50 bits per heavy atom. The maximum atomic E-state index is 11.7. The number of nitrogens with one attached hydrogen (secondary N) is 2. The van der Waals surface area contributed by atoms with Gasteiger partial charge in [0.15, 0.2) is 0 Å². The molecule has 1 amide bonds. The van der Waals surface area contributed by atoms with Crippen molar-refractivity contribution in [2.45, 2.75) is 38.1 Å². The Balaban J connectivity index is 1.64. The van der Waals surface area contributed by atoms with Crippen molar-refractivity contribution in [1.82, 2.24) is 20.2 Å². The van der Waals surface area contributed by atoms with E-state index >= 15 is 0 Å². The van der Waals surface area contributed by atoms with Gasteiger partial charge in [-0.15, -0.1) is 0 Å². The number of rotatable bonds is 5. The van der Waals surface area contributed by atoms with E-state index in [1.165, 1.54) is 12.8 Å². The van der Waals surface area contributed by atoms with E-state index in [0.29, 0.717) is 19.0 Å². The molecule has 0 saturated carbocycles. The summed E-state index contributed by atoms with van der Waals surface area (Å²) in [5.74, 6) is 1.15. The van der Waals surface area contributed by atoms with Crippen molar-refractivity contribution in [3.63, 3.8) is 0 Å². The molecule has 1 unspecified atom stereocenters. The third-order valence-electron chi connectivity index (χ3n) is 3.44. The number of amides is 1. The normalized spacial score (nSPS) is 19.7. The smallest absolute Gasteiger partial charge is 0.221 e. The number of hydrogen-bond donors (Lipinski definition) is 2. The van der Waals surface area contributed by atoms with Crippen molar-refractivity contribution in [1.29, 1.82) is 0 Å². The van der Waals surface area contributed by atoms with Gasteiger partial charge in [0.1, 0.15) is 5.82 Å². The minimum absolute atomic E-state index is 0.142. The summed E-state index contributed by atoms with van der Waals surface area (Å²) in [5, 5.41) is 6.35. The predicted octanol–water partition coefficient (Wildman–Crippen LogP) is 0.611. The Kier molecular flexibility index (Phi) is 4.75. The molecule has 1 atom stereocenters. The second-order valence-corrected chi connectivity index (χ2v) is 4.91. The molecule has 1 fully saturated rings. The first-order valence-corrected chi connectivity index (χ1v) is 6.72. The van der Waals surface area contributed by atoms with Gasteiger partial charge in [-0.3, -0.25) is 4.79 Å². The van der Waals surface area contributed by atoms with Crippen molar-refractivity contribution in [2.24, 2.45) is 7.05 Å². The highest BCUT2D eigenvalue weighted by molar-refractivity contribution is 5.76. The van der Waals surface area contributed by atoms with Crippen LogP contribution in [0.5, 0.6) is 0 Å². The molecule has 2 rings (SSSR count). The number of aryl methyl sites for hydroxylation is 1. The summed E-state index contributed by atoms with van der Waals surface area (Å²) in [7, 11) is 1.97. The Labute approximate surface area is 108 Å². The molecule has 1 aliphatic heterocycles. The first-order valence-electron chi connectivity index (χ1n) is 6.72. The highest BCUT2D eigenvalue weighted by Crippen LogP contribution is 2.09. The molecule has 0 bridgehead atoms. The fraction of sp³-hybridized carbons (Fsp3) is 0.692. The molecule has 0 aliphatic carbocycles. The molecule has 0 aromatic carbocycles. The minimum Gasteiger partial charge on any atom is -0.356 e. The van der Waals surface area contributed by atoms with E-state index in [1.54, 1.807) is 6.20 Å². The molecule has 1 aliphatic rings. The lowest BCUT2D eigenvalue weighted by atomic mass is 10.0. The molecule has 5 heteroatoms. The first kappa shape index (κ1) is 13.1. The third-order valence-corrected chi connectivity index (χ3v) is 3.44. The Bertz CT molecular complexity index is 382. The van der Waals surface area contributed by atoms with Gasteiger partial charge in [-0.05, 0) is 19.4 Å². The first-order chi connectivity index (χ1) is 8.75. The molecular weight excluding hydrogens is 228 g/mol. The van der Waals surface area contributed by atoms with Gasteiger partial charge in [0.05, 0.1) is 0 Å². The number of nitrogens with zero attached hydrogens (tertiary/aromatic N) is 2. The van der Waals surface area contributed by atoms with E-state index in [1.807, 2.05) is 17.8 Å². The van der Waals surface area contributed by atoms with Gasteiger partial charge in [0.25, 0.3) is 0 Å². The lowest BCUT2D eigenvalue weighted by molar-refractivity contribution is -0.121. The van der Waals surface area contributed by atoms with Crippen LogP contribution in [0.2, 0.25) is 0 Å². The molecule has 5 nitrogen and oxygen atoms in total. The Morgan fingerprint density at radius 3 is 3.17 bits per heavy atom. The van der Waals surface area contributed by atoms with Crippen molar-refractivity contribution in [3.05, 3.63) is 18.2 Å². The fourth-order valence-electron chi connectivity index (χ4n) is 2.35. The Hall–Kier alpha value is -1.36. The molecule has 18 heavy (non-hydrogen) atoms. The van der Waals surface area contributed by atoms with Crippen LogP contribution in [-0.2, 0) is 18.3 Å². The molecular formula is C13H22N4O. The average Bonchev–Trinajstić information content (AvgIpc) is 2.76. The molecule has 0 radical (unpaired) electrons. The topological polar surface area (TPSA) is 59.0 Å². The zero-order valence-corrected chi connectivity index (χ0v) is 11.0. The van der Waals surface area contributed by atoms with Crippen LogP contribution in [0.15, 0.2) is 12.4 Å². The quantitative estimate of drug-likeness (QED) is 0.805. The highest BCUT2D eigenvalue weighted by atomic mass is 16.1. The van der Waals surface area contributed by atoms with Crippen LogP contribution in [0.4, 0.5) is 0 Å². The number of carbonyl (C=O) groups excluding carboxylic acids is 1. The molecule has 1 aromatic heterocycles. The van der Waals surface area contributed by atoms with E-state index < -0.39 is 0 Å². The lowest BCUT2D eigenvalue weighted by Crippen LogP contribution is -2.39. The molecule has 0 spiro atoms. The van der Waals surface area contributed by atoms with Crippen LogP contribution in [0.1, 0.15) is 31.5 Å². The van der Waals surface area contributed by atoms with Crippen LogP contribution in [0.3, 0.4) is 0 Å². The van der Waals surface area contributed by atoms with E-state index in [4.69, 9.17) is 0 Å². The molecule has 1 saturated heterocycles. The largest absolute Gasteiger partial charge is 0.356 e. The van der Waals surface area contributed by atoms with Crippen LogP contribution >= 0.6 is 0 Å². The van der Waals surface area contributed by atoms with Crippen LogP contribution in [0.25, 0.3) is 0 Å². The van der Waals surface area contributed by atoms with E-state index in [9.17, 15) is 4.79 Å². The zero-order valence-electron chi connectivity index (χ0n) is 11.0. The van der Waals surface area contributed by atoms with Gasteiger partial charge in [-0.1, -0.05) is 6.42 Å². The lowest BCUT2D eigenvalue weighted by Gasteiger charge is -2.22. The van der Waals surface area contributed by atoms with Gasteiger partial charge in [-0.25, -0.2) is 4.98 Å². The SMILES string of the molecule is Cn1ccnc1CCNC(=O)CC1CCCCN1. The fourth-order valence-corrected chi connectivity index (χ4v) is 2.35. The molecule has 2 heterocycles. The molecule has 100 valence electrons. The predicted molar refractivity (Wildman–Crippen MR) is 70.2 cm³/mol. The zero-order chi connectivity index (χ0) is 12.8. The monoisotopic (exact) mass is 250 g/mol. The van der Waals surface area contributed by atoms with Crippen molar-refractivity contribution >= 4 is 5.91 Å². The highest BCUT2D eigenvalue weighted by Gasteiger charge is 2.15. The third kappa shape index (κ3) is 3.84. The second-order valence-electron chi connectivity index (χ2n) is 4.91. The van der Waals surface area contributed by atoms with Gasteiger partial charge in [0.2, 0.25) is 5.91 Å². The summed E-state index contributed by atoms with van der Waals surface area (Å²) in [6.45, 7) is 1.71. The Morgan fingerprint density at radius 1 is 1.61 bits per heavy atom. The van der Waals surface area contributed by atoms with Crippen molar-refractivity contribution in [3.8, 4) is 0 Å². The number of hydrogen-bond acceptors (Lipinski definition) is 3. The number of aromatic nitrogens is 2. The van der Waals surface area contributed by atoms with E-state index in [0.717, 1.165) is 25.2 Å². The van der Waals surface area contributed by atoms with Crippen LogP contribution in [0, 0.1) is 0 Å². The number of carbonyl (C=O) groups is 1. The standard InChI is InChI=1S/C13H22N4O/c1-17-9-8-15-12(17)5-7-16-13(18)10-11-4-2-3-6-14-11/h8-9,11,14H,2-7,10H2,1H3,(H,16,18). The summed E-state index contributed by atoms with van der Waals surface area (Å²) in [6.07, 6.45) is 8.67. The van der Waals surface area contributed by atoms with Crippen molar-refractivity contribution < 1.29 is 4.79 Å². The molecule has 2 N–H and O–H groups in total. The van der Waals surface area contributed by atoms with Gasteiger partial charge in [0, 0.05) is 44.9 Å². The summed E-state index contributed by atoms with van der Waals surface area (Å²) < 4.78 is 1.98. The van der Waals surface area contributed by atoms with Gasteiger partial charge in [-0.2, -0.15) is 0 Å². The van der Waals surface area contributed by atoms with Crippen LogP contribution < -0.4 is 10.6 Å². The van der Waals surface area contributed by atoms with E-state index in [-0.39, 0.29) is 5.91 Å². The summed E-state index contributed by atoms with van der Waals surface area (Å²) in [4.78, 5) is 16.0. The number of imidazole rings is 1. The minimum atomic E-state index is 0.142. The molecule has 1 aromatic rings. The average molecular weight is 250 g/mol. The van der Waals surface area contributed by atoms with Gasteiger partial charge < -0.3 is 15.2 Å². The maximum absolute atomic E-state index is 11.7. The second kappa shape index (κ2) is 6.54. The summed E-state index contributed by atoms with van der Waals surface area (Å²) in [5.41, 5.74) is 0. The summed E-state index contributed by atoms with van der Waals surface area (Å²) >= 11 is 0. The van der Waals surface area contributed by atoms with Gasteiger partial charge >= 0.3 is 0 Å². The van der Waals surface area contributed by atoms with Crippen LogP contribution in [-0.4, -0.2) is 34.6 Å². The maximum Gasteiger partial charge on any atom is 0.221 e. The summed E-state index contributed by atoms with van der Waals surface area (Å²) in [6, 6.07) is 0.368. The van der Waals surface area contributed by atoms with Crippen molar-refractivity contribution in [2.75, 3.05) is 13.1 Å². The van der Waals surface area contributed by atoms with E-state index in [2.05, 4.69) is 15.6 Å².